The van der Waals surface area contributed by atoms with Crippen LogP contribution in [-0.2, 0) is 4.79 Å². The Morgan fingerprint density at radius 3 is 2.61 bits per heavy atom. The lowest BCUT2D eigenvalue weighted by atomic mass is 10.0. The lowest BCUT2D eigenvalue weighted by Gasteiger charge is -2.14. The summed E-state index contributed by atoms with van der Waals surface area (Å²) in [5.41, 5.74) is 0.881. The smallest absolute Gasteiger partial charge is 0.220 e. The van der Waals surface area contributed by atoms with E-state index in [1.807, 2.05) is 30.3 Å². The van der Waals surface area contributed by atoms with Crippen LogP contribution in [0.5, 0.6) is 0 Å². The molecule has 0 aromatic heterocycles. The molecule has 1 aliphatic rings. The number of hydrogen-bond acceptors (Lipinski definition) is 2. The van der Waals surface area contributed by atoms with Gasteiger partial charge in [-0.25, -0.2) is 0 Å². The van der Waals surface area contributed by atoms with E-state index in [-0.39, 0.29) is 5.91 Å². The van der Waals surface area contributed by atoms with Crippen LogP contribution in [0, 0.1) is 0 Å². The summed E-state index contributed by atoms with van der Waals surface area (Å²) in [6, 6.07) is 9.86. The molecule has 1 saturated carbocycles. The summed E-state index contributed by atoms with van der Waals surface area (Å²) < 4.78 is 0. The summed E-state index contributed by atoms with van der Waals surface area (Å²) in [6.07, 6.45) is 4.99. The zero-order chi connectivity index (χ0) is 12.8. The first-order valence-electron chi connectivity index (χ1n) is 6.78. The van der Waals surface area contributed by atoms with Crippen LogP contribution in [0.2, 0.25) is 0 Å². The highest BCUT2D eigenvalue weighted by Crippen LogP contribution is 2.19. The van der Waals surface area contributed by atoms with Gasteiger partial charge in [0.25, 0.3) is 0 Å². The SMILES string of the molecule is O=C(CCC(O)c1ccccc1)NC1CCCC1. The first kappa shape index (κ1) is 13.1. The van der Waals surface area contributed by atoms with Crippen molar-refractivity contribution in [2.45, 2.75) is 50.7 Å². The number of benzene rings is 1. The molecular weight excluding hydrogens is 226 g/mol. The molecular formula is C15H21NO2. The molecule has 0 heterocycles. The highest BCUT2D eigenvalue weighted by molar-refractivity contribution is 5.76. The van der Waals surface area contributed by atoms with Crippen LogP contribution in [0.3, 0.4) is 0 Å². The van der Waals surface area contributed by atoms with Gasteiger partial charge >= 0.3 is 0 Å². The molecule has 1 aromatic rings. The first-order chi connectivity index (χ1) is 8.75. The van der Waals surface area contributed by atoms with Crippen molar-refractivity contribution in [1.29, 1.82) is 0 Å². The van der Waals surface area contributed by atoms with Crippen molar-refractivity contribution in [2.24, 2.45) is 0 Å². The maximum absolute atomic E-state index is 11.7. The van der Waals surface area contributed by atoms with Crippen molar-refractivity contribution in [1.82, 2.24) is 5.32 Å². The van der Waals surface area contributed by atoms with Gasteiger partial charge in [0, 0.05) is 12.5 Å². The fourth-order valence-corrected chi connectivity index (χ4v) is 2.48. The van der Waals surface area contributed by atoms with Crippen LogP contribution >= 0.6 is 0 Å². The second-order valence-electron chi connectivity index (χ2n) is 5.01. The van der Waals surface area contributed by atoms with Crippen molar-refractivity contribution in [3.63, 3.8) is 0 Å². The molecule has 1 atom stereocenters. The zero-order valence-corrected chi connectivity index (χ0v) is 10.6. The third kappa shape index (κ3) is 3.84. The minimum absolute atomic E-state index is 0.0666. The molecule has 0 saturated heterocycles. The monoisotopic (exact) mass is 247 g/mol. The first-order valence-corrected chi connectivity index (χ1v) is 6.78. The lowest BCUT2D eigenvalue weighted by molar-refractivity contribution is -0.122. The van der Waals surface area contributed by atoms with Crippen LogP contribution in [0.1, 0.15) is 50.2 Å². The second-order valence-corrected chi connectivity index (χ2v) is 5.01. The average molecular weight is 247 g/mol. The molecule has 1 amide bonds. The Labute approximate surface area is 108 Å². The van der Waals surface area contributed by atoms with Gasteiger partial charge in [0.05, 0.1) is 6.10 Å². The normalized spacial score (nSPS) is 17.6. The van der Waals surface area contributed by atoms with E-state index in [9.17, 15) is 9.90 Å². The fraction of sp³-hybridized carbons (Fsp3) is 0.533. The van der Waals surface area contributed by atoms with E-state index in [2.05, 4.69) is 5.32 Å². The van der Waals surface area contributed by atoms with Gasteiger partial charge in [-0.1, -0.05) is 43.2 Å². The standard InChI is InChI=1S/C15H21NO2/c17-14(12-6-2-1-3-7-12)10-11-15(18)16-13-8-4-5-9-13/h1-3,6-7,13-14,17H,4-5,8-11H2,(H,16,18). The predicted octanol–water partition coefficient (Wildman–Crippen LogP) is 2.56. The minimum Gasteiger partial charge on any atom is -0.388 e. The average Bonchev–Trinajstić information content (AvgIpc) is 2.90. The van der Waals surface area contributed by atoms with Crippen LogP contribution in [-0.4, -0.2) is 17.1 Å². The van der Waals surface area contributed by atoms with Gasteiger partial charge in [0.15, 0.2) is 0 Å². The number of aliphatic hydroxyl groups excluding tert-OH is 1. The number of hydrogen-bond donors (Lipinski definition) is 2. The molecule has 0 aliphatic heterocycles. The fourth-order valence-electron chi connectivity index (χ4n) is 2.48. The summed E-state index contributed by atoms with van der Waals surface area (Å²) in [6.45, 7) is 0. The maximum Gasteiger partial charge on any atom is 0.220 e. The molecule has 98 valence electrons. The molecule has 2 rings (SSSR count). The van der Waals surface area contributed by atoms with Gasteiger partial charge < -0.3 is 10.4 Å². The molecule has 1 aliphatic carbocycles. The van der Waals surface area contributed by atoms with Gasteiger partial charge in [-0.15, -0.1) is 0 Å². The van der Waals surface area contributed by atoms with Crippen molar-refractivity contribution in [3.05, 3.63) is 35.9 Å². The molecule has 18 heavy (non-hydrogen) atoms. The number of carbonyl (C=O) groups excluding carboxylic acids is 1. The maximum atomic E-state index is 11.7. The predicted molar refractivity (Wildman–Crippen MR) is 71.0 cm³/mol. The molecule has 1 aromatic carbocycles. The quantitative estimate of drug-likeness (QED) is 0.840. The van der Waals surface area contributed by atoms with E-state index in [1.165, 1.54) is 12.8 Å². The number of nitrogens with one attached hydrogen (secondary N) is 1. The number of carbonyl (C=O) groups is 1. The molecule has 1 unspecified atom stereocenters. The Kier molecular flexibility index (Phi) is 4.76. The summed E-state index contributed by atoms with van der Waals surface area (Å²) >= 11 is 0. The van der Waals surface area contributed by atoms with E-state index < -0.39 is 6.10 Å². The third-order valence-corrected chi connectivity index (χ3v) is 3.55. The lowest BCUT2D eigenvalue weighted by Crippen LogP contribution is -2.32. The molecule has 3 nitrogen and oxygen atoms in total. The van der Waals surface area contributed by atoms with E-state index in [0.717, 1.165) is 18.4 Å². The van der Waals surface area contributed by atoms with Gasteiger partial charge in [0.1, 0.15) is 0 Å². The summed E-state index contributed by atoms with van der Waals surface area (Å²) in [4.78, 5) is 11.7. The van der Waals surface area contributed by atoms with Crippen LogP contribution in [0.25, 0.3) is 0 Å². The van der Waals surface area contributed by atoms with Crippen LogP contribution in [0.15, 0.2) is 30.3 Å². The Bertz CT molecular complexity index is 371. The summed E-state index contributed by atoms with van der Waals surface area (Å²) in [7, 11) is 0. The zero-order valence-electron chi connectivity index (χ0n) is 10.6. The van der Waals surface area contributed by atoms with Crippen molar-refractivity contribution < 1.29 is 9.90 Å². The Morgan fingerprint density at radius 1 is 1.28 bits per heavy atom. The molecule has 2 N–H and O–H groups in total. The second kappa shape index (κ2) is 6.55. The Hall–Kier alpha value is -1.35. The number of rotatable bonds is 5. The minimum atomic E-state index is -0.541. The van der Waals surface area contributed by atoms with E-state index in [4.69, 9.17) is 0 Å². The highest BCUT2D eigenvalue weighted by Gasteiger charge is 2.17. The molecule has 0 radical (unpaired) electrons. The van der Waals surface area contributed by atoms with Crippen LogP contribution < -0.4 is 5.32 Å². The van der Waals surface area contributed by atoms with Gasteiger partial charge in [-0.2, -0.15) is 0 Å². The summed E-state index contributed by atoms with van der Waals surface area (Å²) in [5, 5.41) is 13.0. The van der Waals surface area contributed by atoms with Gasteiger partial charge in [-0.05, 0) is 24.8 Å². The van der Waals surface area contributed by atoms with E-state index >= 15 is 0 Å². The topological polar surface area (TPSA) is 49.3 Å². The largest absolute Gasteiger partial charge is 0.388 e. The highest BCUT2D eigenvalue weighted by atomic mass is 16.3. The van der Waals surface area contributed by atoms with E-state index in [1.54, 1.807) is 0 Å². The number of aliphatic hydroxyl groups is 1. The Morgan fingerprint density at radius 2 is 1.94 bits per heavy atom. The number of amides is 1. The van der Waals surface area contributed by atoms with Gasteiger partial charge in [0.2, 0.25) is 5.91 Å². The van der Waals surface area contributed by atoms with E-state index in [0.29, 0.717) is 18.9 Å². The van der Waals surface area contributed by atoms with Crippen LogP contribution in [0.4, 0.5) is 0 Å². The Balaban J connectivity index is 1.72. The molecule has 1 fully saturated rings. The molecule has 3 heteroatoms. The molecule has 0 bridgehead atoms. The van der Waals surface area contributed by atoms with Gasteiger partial charge in [-0.3, -0.25) is 4.79 Å². The van der Waals surface area contributed by atoms with Crippen molar-refractivity contribution >= 4 is 5.91 Å². The van der Waals surface area contributed by atoms with Crippen molar-refractivity contribution in [2.75, 3.05) is 0 Å². The summed E-state index contributed by atoms with van der Waals surface area (Å²) in [5.74, 6) is 0.0666. The third-order valence-electron chi connectivity index (χ3n) is 3.55. The molecule has 0 spiro atoms. The van der Waals surface area contributed by atoms with Crippen molar-refractivity contribution in [3.8, 4) is 0 Å².